The molecule has 0 bridgehead atoms. The molecule has 0 aromatic carbocycles. The molecule has 4 nitrogen and oxygen atoms in total. The predicted octanol–water partition coefficient (Wildman–Crippen LogP) is 1.26. The Morgan fingerprint density at radius 3 is 2.65 bits per heavy atom. The average Bonchev–Trinajstić information content (AvgIpc) is 2.80. The van der Waals surface area contributed by atoms with Crippen LogP contribution >= 0.6 is 0 Å². The Morgan fingerprint density at radius 2 is 2.00 bits per heavy atom. The minimum atomic E-state index is 0.227. The van der Waals surface area contributed by atoms with E-state index in [0.717, 1.165) is 45.5 Å². The second kappa shape index (κ2) is 8.48. The van der Waals surface area contributed by atoms with E-state index in [1.54, 1.807) is 0 Å². The molecule has 0 atom stereocenters. The van der Waals surface area contributed by atoms with Crippen LogP contribution in [0.2, 0.25) is 0 Å². The molecule has 1 aliphatic heterocycles. The lowest BCUT2D eigenvalue weighted by molar-refractivity contribution is -0.129. The van der Waals surface area contributed by atoms with Crippen molar-refractivity contribution in [3.8, 4) is 0 Å². The number of carbonyl (C=O) groups is 1. The van der Waals surface area contributed by atoms with Crippen LogP contribution in [0.25, 0.3) is 0 Å². The van der Waals surface area contributed by atoms with Gasteiger partial charge in [0.2, 0.25) is 5.91 Å². The fourth-order valence-electron chi connectivity index (χ4n) is 1.84. The first kappa shape index (κ1) is 14.5. The first-order valence-corrected chi connectivity index (χ1v) is 6.76. The van der Waals surface area contributed by atoms with E-state index in [2.05, 4.69) is 19.2 Å². The molecule has 1 N–H and O–H groups in total. The van der Waals surface area contributed by atoms with Gasteiger partial charge in [-0.15, -0.1) is 0 Å². The number of nitrogens with one attached hydrogen (secondary N) is 1. The van der Waals surface area contributed by atoms with Gasteiger partial charge in [-0.1, -0.05) is 13.8 Å². The highest BCUT2D eigenvalue weighted by Crippen LogP contribution is 2.06. The van der Waals surface area contributed by atoms with Gasteiger partial charge < -0.3 is 15.0 Å². The lowest BCUT2D eigenvalue weighted by atomic mass is 10.1. The molecule has 0 unspecified atom stereocenters. The van der Waals surface area contributed by atoms with E-state index >= 15 is 0 Å². The third kappa shape index (κ3) is 6.64. The van der Waals surface area contributed by atoms with Crippen molar-refractivity contribution in [3.05, 3.63) is 0 Å². The van der Waals surface area contributed by atoms with Gasteiger partial charge in [0.05, 0.1) is 13.2 Å². The number of hydrogen-bond acceptors (Lipinski definition) is 3. The van der Waals surface area contributed by atoms with Crippen molar-refractivity contribution in [3.63, 3.8) is 0 Å². The molecule has 0 radical (unpaired) electrons. The normalized spacial score (nSPS) is 15.8. The van der Waals surface area contributed by atoms with Gasteiger partial charge in [-0.05, 0) is 25.2 Å². The number of nitrogens with zero attached hydrogens (tertiary/aromatic N) is 1. The van der Waals surface area contributed by atoms with Crippen LogP contribution in [0.5, 0.6) is 0 Å². The number of amides is 1. The highest BCUT2D eigenvalue weighted by atomic mass is 16.5. The largest absolute Gasteiger partial charge is 0.380 e. The van der Waals surface area contributed by atoms with E-state index in [0.29, 0.717) is 19.1 Å². The summed E-state index contributed by atoms with van der Waals surface area (Å²) in [7, 11) is 0. The van der Waals surface area contributed by atoms with E-state index in [1.165, 1.54) is 0 Å². The summed E-state index contributed by atoms with van der Waals surface area (Å²) in [6.45, 7) is 8.98. The van der Waals surface area contributed by atoms with Gasteiger partial charge in [0.25, 0.3) is 0 Å². The van der Waals surface area contributed by atoms with Crippen molar-refractivity contribution in [1.82, 2.24) is 10.2 Å². The molecule has 0 aromatic heterocycles. The minimum absolute atomic E-state index is 0.227. The Morgan fingerprint density at radius 1 is 1.29 bits per heavy atom. The molecule has 0 aliphatic carbocycles. The van der Waals surface area contributed by atoms with Crippen molar-refractivity contribution < 1.29 is 9.53 Å². The van der Waals surface area contributed by atoms with Gasteiger partial charge in [-0.25, -0.2) is 0 Å². The molecule has 0 saturated carbocycles. The summed E-state index contributed by atoms with van der Waals surface area (Å²) in [6, 6.07) is 0. The molecule has 1 heterocycles. The quantitative estimate of drug-likeness (QED) is 0.652. The Labute approximate surface area is 105 Å². The van der Waals surface area contributed by atoms with Gasteiger partial charge in [-0.2, -0.15) is 0 Å². The average molecular weight is 242 g/mol. The molecule has 1 aliphatic rings. The summed E-state index contributed by atoms with van der Waals surface area (Å²) in [5, 5.41) is 3.13. The van der Waals surface area contributed by atoms with Crippen molar-refractivity contribution in [2.45, 2.75) is 33.1 Å². The third-order valence-corrected chi connectivity index (χ3v) is 3.00. The first-order chi connectivity index (χ1) is 8.20. The van der Waals surface area contributed by atoms with Gasteiger partial charge in [0.1, 0.15) is 0 Å². The summed E-state index contributed by atoms with van der Waals surface area (Å²) >= 11 is 0. The van der Waals surface area contributed by atoms with Crippen LogP contribution in [-0.2, 0) is 9.53 Å². The Kier molecular flexibility index (Phi) is 7.21. The first-order valence-electron chi connectivity index (χ1n) is 6.76. The second-order valence-corrected chi connectivity index (χ2v) is 5.06. The third-order valence-electron chi connectivity index (χ3n) is 3.00. The zero-order chi connectivity index (χ0) is 12.5. The van der Waals surface area contributed by atoms with Crippen molar-refractivity contribution in [2.24, 2.45) is 5.92 Å². The van der Waals surface area contributed by atoms with Crippen LogP contribution in [0.3, 0.4) is 0 Å². The molecule has 1 saturated heterocycles. The van der Waals surface area contributed by atoms with Crippen molar-refractivity contribution in [2.75, 3.05) is 39.4 Å². The molecule has 0 spiro atoms. The van der Waals surface area contributed by atoms with Crippen molar-refractivity contribution >= 4 is 5.91 Å². The van der Waals surface area contributed by atoms with Crippen LogP contribution in [0.4, 0.5) is 0 Å². The molecule has 100 valence electrons. The maximum Gasteiger partial charge on any atom is 0.236 e. The zero-order valence-corrected chi connectivity index (χ0v) is 11.2. The summed E-state index contributed by atoms with van der Waals surface area (Å²) < 4.78 is 5.46. The summed E-state index contributed by atoms with van der Waals surface area (Å²) in [4.78, 5) is 13.6. The van der Waals surface area contributed by atoms with Crippen LogP contribution in [0.1, 0.15) is 33.1 Å². The summed E-state index contributed by atoms with van der Waals surface area (Å²) in [6.07, 6.45) is 3.42. The maximum atomic E-state index is 11.6. The van der Waals surface area contributed by atoms with Crippen LogP contribution in [-0.4, -0.2) is 50.2 Å². The molecule has 0 aromatic rings. The summed E-state index contributed by atoms with van der Waals surface area (Å²) in [5.41, 5.74) is 0. The monoisotopic (exact) mass is 242 g/mol. The minimum Gasteiger partial charge on any atom is -0.380 e. The van der Waals surface area contributed by atoms with Gasteiger partial charge >= 0.3 is 0 Å². The Bertz CT molecular complexity index is 213. The number of ether oxygens (including phenoxy) is 1. The molecule has 1 rings (SSSR count). The lowest BCUT2D eigenvalue weighted by Gasteiger charge is -2.15. The molecule has 1 fully saturated rings. The van der Waals surface area contributed by atoms with Gasteiger partial charge in [0, 0.05) is 26.2 Å². The van der Waals surface area contributed by atoms with Crippen LogP contribution < -0.4 is 5.32 Å². The van der Waals surface area contributed by atoms with Gasteiger partial charge in [-0.3, -0.25) is 4.79 Å². The van der Waals surface area contributed by atoms with Gasteiger partial charge in [0.15, 0.2) is 0 Å². The lowest BCUT2D eigenvalue weighted by Crippen LogP contribution is -2.37. The van der Waals surface area contributed by atoms with E-state index < -0.39 is 0 Å². The van der Waals surface area contributed by atoms with Crippen LogP contribution in [0.15, 0.2) is 0 Å². The van der Waals surface area contributed by atoms with E-state index in [9.17, 15) is 4.79 Å². The van der Waals surface area contributed by atoms with Crippen LogP contribution in [0, 0.1) is 5.92 Å². The molecular weight excluding hydrogens is 216 g/mol. The van der Waals surface area contributed by atoms with E-state index in [-0.39, 0.29) is 5.91 Å². The standard InChI is InChI=1S/C13H26N2O2/c1-12(2)5-9-17-10-6-14-11-13(16)15-7-3-4-8-15/h12,14H,3-11H2,1-2H3. The Hall–Kier alpha value is -0.610. The summed E-state index contributed by atoms with van der Waals surface area (Å²) in [5.74, 6) is 0.921. The number of likely N-dealkylation sites (tertiary alicyclic amines) is 1. The fraction of sp³-hybridized carbons (Fsp3) is 0.923. The maximum absolute atomic E-state index is 11.6. The second-order valence-electron chi connectivity index (χ2n) is 5.06. The molecular formula is C13H26N2O2. The highest BCUT2D eigenvalue weighted by molar-refractivity contribution is 5.78. The SMILES string of the molecule is CC(C)CCOCCNCC(=O)N1CCCC1. The number of hydrogen-bond donors (Lipinski definition) is 1. The van der Waals surface area contributed by atoms with Crippen molar-refractivity contribution in [1.29, 1.82) is 0 Å². The molecule has 1 amide bonds. The predicted molar refractivity (Wildman–Crippen MR) is 69.0 cm³/mol. The fourth-order valence-corrected chi connectivity index (χ4v) is 1.84. The topological polar surface area (TPSA) is 41.6 Å². The van der Waals surface area contributed by atoms with E-state index in [4.69, 9.17) is 4.74 Å². The molecule has 17 heavy (non-hydrogen) atoms. The Balaban J connectivity index is 1.88. The number of rotatable bonds is 8. The number of carbonyl (C=O) groups excluding carboxylic acids is 1. The molecule has 4 heteroatoms. The van der Waals surface area contributed by atoms with E-state index in [1.807, 2.05) is 4.90 Å². The zero-order valence-electron chi connectivity index (χ0n) is 11.2. The highest BCUT2D eigenvalue weighted by Gasteiger charge is 2.16. The smallest absolute Gasteiger partial charge is 0.236 e.